The monoisotopic (exact) mass is 475 g/mol. The van der Waals surface area contributed by atoms with Crippen molar-refractivity contribution in [2.24, 2.45) is 5.92 Å². The first-order valence-corrected chi connectivity index (χ1v) is 11.8. The number of hydrogen-bond donors (Lipinski definition) is 1. The van der Waals surface area contributed by atoms with Gasteiger partial charge in [-0.2, -0.15) is 0 Å². The van der Waals surface area contributed by atoms with Gasteiger partial charge in [0.25, 0.3) is 0 Å². The molecular weight excluding hydrogens is 442 g/mol. The number of ether oxygens (including phenoxy) is 3. The molecule has 1 N–H and O–H groups in total. The van der Waals surface area contributed by atoms with E-state index in [0.717, 1.165) is 16.9 Å². The van der Waals surface area contributed by atoms with Gasteiger partial charge in [0.1, 0.15) is 30.2 Å². The summed E-state index contributed by atoms with van der Waals surface area (Å²) >= 11 is 0. The van der Waals surface area contributed by atoms with E-state index < -0.39 is 18.1 Å². The Morgan fingerprint density at radius 1 is 0.743 bits per heavy atom. The van der Waals surface area contributed by atoms with Crippen molar-refractivity contribution in [3.8, 4) is 11.5 Å². The number of esters is 2. The van der Waals surface area contributed by atoms with Gasteiger partial charge in [0.15, 0.2) is 0 Å². The first-order chi connectivity index (χ1) is 16.9. The van der Waals surface area contributed by atoms with Crippen LogP contribution in [0.1, 0.15) is 31.4 Å². The molecule has 184 valence electrons. The summed E-state index contributed by atoms with van der Waals surface area (Å²) in [5.74, 6) is 0.858. The highest BCUT2D eigenvalue weighted by molar-refractivity contribution is 5.80. The summed E-state index contributed by atoms with van der Waals surface area (Å²) in [5.41, 5.74) is 1.82. The molecule has 0 bridgehead atoms. The van der Waals surface area contributed by atoms with Crippen LogP contribution in [-0.2, 0) is 32.1 Å². The molecule has 0 fully saturated rings. The van der Waals surface area contributed by atoms with E-state index in [-0.39, 0.29) is 18.5 Å². The zero-order chi connectivity index (χ0) is 25.0. The molecule has 0 aromatic heterocycles. The Hall–Kier alpha value is -3.64. The number of carbonyl (C=O) groups is 2. The van der Waals surface area contributed by atoms with E-state index >= 15 is 0 Å². The van der Waals surface area contributed by atoms with Gasteiger partial charge in [0.2, 0.25) is 0 Å². The van der Waals surface area contributed by atoms with Crippen molar-refractivity contribution in [1.29, 1.82) is 0 Å². The number of hydrogen-bond acceptors (Lipinski definition) is 6. The number of rotatable bonds is 12. The van der Waals surface area contributed by atoms with E-state index in [1.807, 2.05) is 98.8 Å². The Balaban J connectivity index is 1.66. The molecule has 3 aromatic carbocycles. The van der Waals surface area contributed by atoms with Crippen LogP contribution >= 0.6 is 0 Å². The lowest BCUT2D eigenvalue weighted by molar-refractivity contribution is -0.149. The van der Waals surface area contributed by atoms with Crippen LogP contribution in [0.15, 0.2) is 84.9 Å². The van der Waals surface area contributed by atoms with Crippen molar-refractivity contribution in [2.75, 3.05) is 7.11 Å². The highest BCUT2D eigenvalue weighted by Crippen LogP contribution is 2.22. The molecule has 0 saturated heterocycles. The van der Waals surface area contributed by atoms with Crippen molar-refractivity contribution in [3.05, 3.63) is 96.1 Å². The second-order valence-electron chi connectivity index (χ2n) is 8.78. The average molecular weight is 476 g/mol. The van der Waals surface area contributed by atoms with Crippen molar-refractivity contribution in [2.45, 2.75) is 45.4 Å². The summed E-state index contributed by atoms with van der Waals surface area (Å²) in [6.45, 7) is 4.23. The highest BCUT2D eigenvalue weighted by atomic mass is 16.5. The lowest BCUT2D eigenvalue weighted by atomic mass is 10.0. The van der Waals surface area contributed by atoms with Gasteiger partial charge >= 0.3 is 11.9 Å². The molecule has 0 aliphatic heterocycles. The first kappa shape index (κ1) is 26.0. The van der Waals surface area contributed by atoms with E-state index in [9.17, 15) is 9.59 Å². The van der Waals surface area contributed by atoms with Crippen LogP contribution in [-0.4, -0.2) is 31.1 Å². The van der Waals surface area contributed by atoms with Gasteiger partial charge in [-0.15, -0.1) is 0 Å². The summed E-state index contributed by atoms with van der Waals surface area (Å²) in [6, 6.07) is 25.2. The number of nitrogens with one attached hydrogen (secondary N) is 1. The lowest BCUT2D eigenvalue weighted by Crippen LogP contribution is -2.49. The Bertz CT molecular complexity index is 1050. The Morgan fingerprint density at radius 3 is 1.94 bits per heavy atom. The topological polar surface area (TPSA) is 73.9 Å². The minimum absolute atomic E-state index is 0.182. The summed E-state index contributed by atoms with van der Waals surface area (Å²) in [7, 11) is 1.35. The predicted octanol–water partition coefficient (Wildman–Crippen LogP) is 5.31. The lowest BCUT2D eigenvalue weighted by Gasteiger charge is -2.24. The minimum atomic E-state index is -0.700. The van der Waals surface area contributed by atoms with Crippen LogP contribution in [0.3, 0.4) is 0 Å². The van der Waals surface area contributed by atoms with E-state index in [2.05, 4.69) is 5.32 Å². The number of methoxy groups -OCH3 is 1. The molecule has 3 aromatic rings. The van der Waals surface area contributed by atoms with Crippen LogP contribution in [0.2, 0.25) is 0 Å². The van der Waals surface area contributed by atoms with E-state index in [1.165, 1.54) is 7.11 Å². The fourth-order valence-corrected chi connectivity index (χ4v) is 3.68. The average Bonchev–Trinajstić information content (AvgIpc) is 2.88. The van der Waals surface area contributed by atoms with Gasteiger partial charge in [0.05, 0.1) is 7.11 Å². The third-order valence-electron chi connectivity index (χ3n) is 5.45. The quantitative estimate of drug-likeness (QED) is 0.358. The van der Waals surface area contributed by atoms with Gasteiger partial charge in [-0.1, -0.05) is 74.5 Å². The van der Waals surface area contributed by atoms with Crippen LogP contribution in [0.5, 0.6) is 11.5 Å². The molecule has 1 unspecified atom stereocenters. The molecule has 0 radical (unpaired) electrons. The van der Waals surface area contributed by atoms with Crippen molar-refractivity contribution in [1.82, 2.24) is 5.32 Å². The second-order valence-corrected chi connectivity index (χ2v) is 8.78. The van der Waals surface area contributed by atoms with Gasteiger partial charge < -0.3 is 14.2 Å². The van der Waals surface area contributed by atoms with Gasteiger partial charge in [-0.3, -0.25) is 14.9 Å². The minimum Gasteiger partial charge on any atom is -0.468 e. The molecule has 0 amide bonds. The molecule has 0 aliphatic carbocycles. The molecule has 0 saturated carbocycles. The Labute approximate surface area is 207 Å². The zero-order valence-electron chi connectivity index (χ0n) is 20.5. The molecule has 0 aliphatic rings. The summed E-state index contributed by atoms with van der Waals surface area (Å²) < 4.78 is 16.4. The number of benzene rings is 3. The standard InChI is InChI=1S/C29H33NO5/c1-21(2)18-26(29(32)34-20-23-10-6-4-7-11-23)30-27(28(31)33-3)19-22-14-16-25(17-15-22)35-24-12-8-5-9-13-24/h4-17,21,26-27,30H,18-20H2,1-3H3/t26?,27-/m0/s1. The number of carbonyl (C=O) groups excluding carboxylic acids is 2. The maximum atomic E-state index is 12.9. The fourth-order valence-electron chi connectivity index (χ4n) is 3.68. The molecule has 0 spiro atoms. The maximum absolute atomic E-state index is 12.9. The molecular formula is C29H33NO5. The third kappa shape index (κ3) is 8.58. The van der Waals surface area contributed by atoms with Crippen molar-refractivity contribution >= 4 is 11.9 Å². The third-order valence-corrected chi connectivity index (χ3v) is 5.45. The van der Waals surface area contributed by atoms with Gasteiger partial charge in [-0.25, -0.2) is 0 Å². The Morgan fingerprint density at radius 2 is 1.34 bits per heavy atom. The molecule has 6 heteroatoms. The van der Waals surface area contributed by atoms with Crippen LogP contribution in [0.25, 0.3) is 0 Å². The first-order valence-electron chi connectivity index (χ1n) is 11.8. The van der Waals surface area contributed by atoms with Crippen LogP contribution in [0.4, 0.5) is 0 Å². The molecule has 35 heavy (non-hydrogen) atoms. The highest BCUT2D eigenvalue weighted by Gasteiger charge is 2.29. The normalized spacial score (nSPS) is 12.6. The predicted molar refractivity (Wildman–Crippen MR) is 135 cm³/mol. The summed E-state index contributed by atoms with van der Waals surface area (Å²) in [5, 5.41) is 3.19. The fraction of sp³-hybridized carbons (Fsp3) is 0.310. The maximum Gasteiger partial charge on any atom is 0.323 e. The van der Waals surface area contributed by atoms with Crippen molar-refractivity contribution < 1.29 is 23.8 Å². The van der Waals surface area contributed by atoms with E-state index in [0.29, 0.717) is 18.6 Å². The Kier molecular flexibility index (Phi) is 9.87. The SMILES string of the molecule is COC(=O)[C@H](Cc1ccc(Oc2ccccc2)cc1)NC(CC(C)C)C(=O)OCc1ccccc1. The zero-order valence-corrected chi connectivity index (χ0v) is 20.5. The van der Waals surface area contributed by atoms with Gasteiger partial charge in [0, 0.05) is 0 Å². The second kappa shape index (κ2) is 13.3. The van der Waals surface area contributed by atoms with Crippen LogP contribution < -0.4 is 10.1 Å². The molecule has 6 nitrogen and oxygen atoms in total. The summed E-state index contributed by atoms with van der Waals surface area (Å²) in [6.07, 6.45) is 0.893. The molecule has 3 rings (SSSR count). The molecule has 2 atom stereocenters. The number of para-hydroxylation sites is 1. The van der Waals surface area contributed by atoms with E-state index in [4.69, 9.17) is 14.2 Å². The van der Waals surface area contributed by atoms with Crippen LogP contribution in [0, 0.1) is 5.92 Å². The smallest absolute Gasteiger partial charge is 0.323 e. The molecule has 0 heterocycles. The largest absolute Gasteiger partial charge is 0.468 e. The summed E-state index contributed by atoms with van der Waals surface area (Å²) in [4.78, 5) is 25.5. The van der Waals surface area contributed by atoms with Crippen molar-refractivity contribution in [3.63, 3.8) is 0 Å². The van der Waals surface area contributed by atoms with E-state index in [1.54, 1.807) is 0 Å². The van der Waals surface area contributed by atoms with Gasteiger partial charge in [-0.05, 0) is 54.2 Å².